The normalized spacial score (nSPS) is 12.6. The summed E-state index contributed by atoms with van der Waals surface area (Å²) in [6.07, 6.45) is 1.18. The quantitative estimate of drug-likeness (QED) is 0.567. The van der Waals surface area contributed by atoms with E-state index in [9.17, 15) is 0 Å². The molecule has 1 rings (SSSR count). The zero-order valence-corrected chi connectivity index (χ0v) is 11.8. The molecule has 0 saturated carbocycles. The first kappa shape index (κ1) is 14.6. The van der Waals surface area contributed by atoms with Gasteiger partial charge in [0.25, 0.3) is 0 Å². The van der Waals surface area contributed by atoms with Crippen molar-refractivity contribution in [1.29, 1.82) is 0 Å². The van der Waals surface area contributed by atoms with Gasteiger partial charge in [0.1, 0.15) is 0 Å². The summed E-state index contributed by atoms with van der Waals surface area (Å²) in [6.45, 7) is 7.21. The Balaban J connectivity index is 2.47. The molecule has 0 bridgehead atoms. The van der Waals surface area contributed by atoms with Crippen molar-refractivity contribution in [1.82, 2.24) is 5.32 Å². The molecule has 0 saturated heterocycles. The van der Waals surface area contributed by atoms with Gasteiger partial charge in [0, 0.05) is 23.8 Å². The largest absolute Gasteiger partial charge is 0.384 e. The molecular weight excluding hydrogens is 230 g/mol. The Kier molecular flexibility index (Phi) is 7.33. The average molecular weight is 253 g/mol. The van der Waals surface area contributed by atoms with Crippen LogP contribution in [0.4, 0.5) is 0 Å². The summed E-state index contributed by atoms with van der Waals surface area (Å²) in [7, 11) is 1.75. The molecule has 3 heteroatoms. The highest BCUT2D eigenvalue weighted by molar-refractivity contribution is 8.00. The maximum Gasteiger partial charge on any atom is 0.0582 e. The van der Waals surface area contributed by atoms with E-state index in [1.165, 1.54) is 16.9 Å². The molecule has 1 atom stereocenters. The highest BCUT2D eigenvalue weighted by Gasteiger charge is 2.04. The molecule has 0 aliphatic carbocycles. The minimum Gasteiger partial charge on any atom is -0.384 e. The maximum absolute atomic E-state index is 5.15. The van der Waals surface area contributed by atoms with Crippen molar-refractivity contribution >= 4 is 11.8 Å². The van der Waals surface area contributed by atoms with Gasteiger partial charge in [0.15, 0.2) is 0 Å². The molecule has 17 heavy (non-hydrogen) atoms. The minimum atomic E-state index is 0.499. The topological polar surface area (TPSA) is 21.3 Å². The summed E-state index contributed by atoms with van der Waals surface area (Å²) >= 11 is 1.87. The molecule has 0 aliphatic heterocycles. The monoisotopic (exact) mass is 253 g/mol. The highest BCUT2D eigenvalue weighted by atomic mass is 32.2. The second-order valence-electron chi connectivity index (χ2n) is 4.21. The molecule has 0 aliphatic rings. The molecule has 1 unspecified atom stereocenters. The van der Waals surface area contributed by atoms with Crippen LogP contribution in [0.1, 0.15) is 25.8 Å². The fourth-order valence-electron chi connectivity index (χ4n) is 1.64. The van der Waals surface area contributed by atoms with Gasteiger partial charge >= 0.3 is 0 Å². The van der Waals surface area contributed by atoms with Crippen LogP contribution in [0.25, 0.3) is 0 Å². The first-order valence-electron chi connectivity index (χ1n) is 6.21. The van der Waals surface area contributed by atoms with Gasteiger partial charge in [0.05, 0.1) is 6.61 Å². The average Bonchev–Trinajstić information content (AvgIpc) is 2.30. The number of benzene rings is 1. The molecule has 1 aromatic rings. The number of ether oxygens (including phenoxy) is 1. The van der Waals surface area contributed by atoms with E-state index in [2.05, 4.69) is 43.4 Å². The number of methoxy groups -OCH3 is 1. The van der Waals surface area contributed by atoms with E-state index >= 15 is 0 Å². The van der Waals surface area contributed by atoms with E-state index in [0.717, 1.165) is 19.7 Å². The lowest BCUT2D eigenvalue weighted by Crippen LogP contribution is -2.13. The second kappa shape index (κ2) is 8.56. The number of nitrogens with one attached hydrogen (secondary N) is 1. The Labute approximate surface area is 109 Å². The second-order valence-corrected chi connectivity index (χ2v) is 5.72. The summed E-state index contributed by atoms with van der Waals surface area (Å²) < 4.78 is 5.15. The number of thioether (sulfide) groups is 1. The molecule has 1 aromatic carbocycles. The van der Waals surface area contributed by atoms with Gasteiger partial charge in [-0.1, -0.05) is 26.0 Å². The smallest absolute Gasteiger partial charge is 0.0582 e. The lowest BCUT2D eigenvalue weighted by Gasteiger charge is -2.11. The van der Waals surface area contributed by atoms with Crippen molar-refractivity contribution in [2.45, 2.75) is 37.0 Å². The SMILES string of the molecule is CCCNCc1cccc(SC(C)COC)c1. The van der Waals surface area contributed by atoms with E-state index in [0.29, 0.717) is 5.25 Å². The van der Waals surface area contributed by atoms with Gasteiger partial charge in [-0.3, -0.25) is 0 Å². The van der Waals surface area contributed by atoms with Gasteiger partial charge in [-0.2, -0.15) is 0 Å². The standard InChI is InChI=1S/C14H23NOS/c1-4-8-15-10-13-6-5-7-14(9-13)17-12(2)11-16-3/h5-7,9,12,15H,4,8,10-11H2,1-3H3. The van der Waals surface area contributed by atoms with E-state index in [-0.39, 0.29) is 0 Å². The van der Waals surface area contributed by atoms with E-state index < -0.39 is 0 Å². The Hall–Kier alpha value is -0.510. The van der Waals surface area contributed by atoms with E-state index in [1.807, 2.05) is 11.8 Å². The fourth-order valence-corrected chi connectivity index (χ4v) is 2.68. The van der Waals surface area contributed by atoms with Crippen molar-refractivity contribution in [2.75, 3.05) is 20.3 Å². The van der Waals surface area contributed by atoms with Crippen LogP contribution in [0.2, 0.25) is 0 Å². The maximum atomic E-state index is 5.15. The van der Waals surface area contributed by atoms with Crippen LogP contribution < -0.4 is 5.32 Å². The summed E-state index contributed by atoms with van der Waals surface area (Å²) in [5.74, 6) is 0. The third kappa shape index (κ3) is 6.10. The van der Waals surface area contributed by atoms with Crippen LogP contribution in [-0.2, 0) is 11.3 Å². The van der Waals surface area contributed by atoms with Crippen molar-refractivity contribution in [2.24, 2.45) is 0 Å². The Morgan fingerprint density at radius 3 is 2.94 bits per heavy atom. The molecule has 0 heterocycles. The molecule has 0 aromatic heterocycles. The molecule has 0 amide bonds. The zero-order chi connectivity index (χ0) is 12.5. The lowest BCUT2D eigenvalue weighted by atomic mass is 10.2. The van der Waals surface area contributed by atoms with E-state index in [1.54, 1.807) is 7.11 Å². The third-order valence-electron chi connectivity index (χ3n) is 2.39. The molecule has 0 radical (unpaired) electrons. The predicted octanol–water partition coefficient (Wildman–Crippen LogP) is 3.31. The first-order valence-corrected chi connectivity index (χ1v) is 7.09. The molecule has 1 N–H and O–H groups in total. The van der Waals surface area contributed by atoms with Crippen molar-refractivity contribution in [3.8, 4) is 0 Å². The Morgan fingerprint density at radius 2 is 2.24 bits per heavy atom. The van der Waals surface area contributed by atoms with Crippen molar-refractivity contribution in [3.05, 3.63) is 29.8 Å². The van der Waals surface area contributed by atoms with Crippen LogP contribution in [0.3, 0.4) is 0 Å². The summed E-state index contributed by atoms with van der Waals surface area (Å²) in [6, 6.07) is 8.73. The molecule has 2 nitrogen and oxygen atoms in total. The van der Waals surface area contributed by atoms with Gasteiger partial charge in [0.2, 0.25) is 0 Å². The van der Waals surface area contributed by atoms with Crippen molar-refractivity contribution in [3.63, 3.8) is 0 Å². The van der Waals surface area contributed by atoms with Crippen molar-refractivity contribution < 1.29 is 4.74 Å². The van der Waals surface area contributed by atoms with Crippen LogP contribution in [0.15, 0.2) is 29.2 Å². The lowest BCUT2D eigenvalue weighted by molar-refractivity contribution is 0.203. The third-order valence-corrected chi connectivity index (χ3v) is 3.46. The van der Waals surface area contributed by atoms with Gasteiger partial charge < -0.3 is 10.1 Å². The van der Waals surface area contributed by atoms with Crippen LogP contribution in [0, 0.1) is 0 Å². The predicted molar refractivity (Wildman–Crippen MR) is 75.6 cm³/mol. The number of rotatable bonds is 8. The first-order chi connectivity index (χ1) is 8.26. The van der Waals surface area contributed by atoms with Crippen LogP contribution >= 0.6 is 11.8 Å². The number of hydrogen-bond donors (Lipinski definition) is 1. The summed E-state index contributed by atoms with van der Waals surface area (Å²) in [4.78, 5) is 1.32. The molecule has 0 spiro atoms. The zero-order valence-electron chi connectivity index (χ0n) is 11.0. The Morgan fingerprint density at radius 1 is 1.41 bits per heavy atom. The minimum absolute atomic E-state index is 0.499. The van der Waals surface area contributed by atoms with E-state index in [4.69, 9.17) is 4.74 Å². The highest BCUT2D eigenvalue weighted by Crippen LogP contribution is 2.24. The number of hydrogen-bond acceptors (Lipinski definition) is 3. The summed E-state index contributed by atoms with van der Waals surface area (Å²) in [5, 5.41) is 3.92. The van der Waals surface area contributed by atoms with Crippen LogP contribution in [-0.4, -0.2) is 25.5 Å². The van der Waals surface area contributed by atoms with Gasteiger partial charge in [-0.15, -0.1) is 11.8 Å². The molecule has 0 fully saturated rings. The van der Waals surface area contributed by atoms with Gasteiger partial charge in [-0.05, 0) is 30.7 Å². The molecular formula is C14H23NOS. The van der Waals surface area contributed by atoms with Gasteiger partial charge in [-0.25, -0.2) is 0 Å². The summed E-state index contributed by atoms with van der Waals surface area (Å²) in [5.41, 5.74) is 1.35. The molecule has 96 valence electrons. The fraction of sp³-hybridized carbons (Fsp3) is 0.571. The van der Waals surface area contributed by atoms with Crippen LogP contribution in [0.5, 0.6) is 0 Å². The Bertz CT molecular complexity index is 317.